The van der Waals surface area contributed by atoms with Gasteiger partial charge in [0.1, 0.15) is 5.82 Å². The van der Waals surface area contributed by atoms with E-state index in [1.807, 2.05) is 0 Å². The smallest absolute Gasteiger partial charge is 0.130 e. The van der Waals surface area contributed by atoms with Crippen molar-refractivity contribution in [1.29, 1.82) is 0 Å². The molecule has 5 heteroatoms. The molecule has 2 saturated heterocycles. The van der Waals surface area contributed by atoms with Crippen LogP contribution in [0, 0.1) is 11.7 Å². The first kappa shape index (κ1) is 16.9. The maximum Gasteiger partial charge on any atom is 0.130 e. The number of benzene rings is 1. The molecular formula is C17H21ClFIO2. The highest BCUT2D eigenvalue weighted by Gasteiger charge is 2.65. The summed E-state index contributed by atoms with van der Waals surface area (Å²) >= 11 is 8.58. The molecule has 1 aromatic carbocycles. The second kappa shape index (κ2) is 5.87. The van der Waals surface area contributed by atoms with Gasteiger partial charge in [-0.05, 0) is 31.4 Å². The van der Waals surface area contributed by atoms with E-state index in [9.17, 15) is 4.39 Å². The average Bonchev–Trinajstić information content (AvgIpc) is 2.86. The quantitative estimate of drug-likeness (QED) is 0.478. The van der Waals surface area contributed by atoms with E-state index >= 15 is 0 Å². The summed E-state index contributed by atoms with van der Waals surface area (Å²) in [5, 5.41) is 0.416. The van der Waals surface area contributed by atoms with Crippen molar-refractivity contribution in [2.45, 2.75) is 61.5 Å². The van der Waals surface area contributed by atoms with E-state index < -0.39 is 0 Å². The summed E-state index contributed by atoms with van der Waals surface area (Å²) in [6.45, 7) is 6.71. The molecule has 0 spiro atoms. The molecular weight excluding hydrogens is 418 g/mol. The van der Waals surface area contributed by atoms with Crippen LogP contribution in [0.25, 0.3) is 0 Å². The molecule has 2 aliphatic rings. The first-order chi connectivity index (χ1) is 10.3. The number of halogens is 3. The Kier molecular flexibility index (Phi) is 4.52. The molecule has 3 rings (SSSR count). The van der Waals surface area contributed by atoms with Crippen molar-refractivity contribution in [3.63, 3.8) is 0 Å². The zero-order chi connectivity index (χ0) is 16.1. The molecule has 22 heavy (non-hydrogen) atoms. The standard InChI is InChI=1S/C17H21ClFIO2/c1-10(2)17-8-15(16(3,22-17)7-14(17)20)21-9-11-12(18)5-4-6-13(11)19/h4-6,10,14-15H,7-9H2,1-3H3/t14-,15+,16-,17+/m0/s1. The molecule has 0 aromatic heterocycles. The predicted molar refractivity (Wildman–Crippen MR) is 94.1 cm³/mol. The van der Waals surface area contributed by atoms with Crippen molar-refractivity contribution in [2.75, 3.05) is 0 Å². The number of ether oxygens (including phenoxy) is 2. The predicted octanol–water partition coefficient (Wildman–Crippen LogP) is 5.15. The molecule has 122 valence electrons. The fourth-order valence-electron chi connectivity index (χ4n) is 3.75. The SMILES string of the molecule is CC(C)[C@]12C[C@@H](OCc3c(F)cccc3Cl)[C@](C)(C[C@@H]1I)O2. The number of hydrogen-bond acceptors (Lipinski definition) is 2. The maximum atomic E-state index is 13.9. The van der Waals surface area contributed by atoms with Gasteiger partial charge in [-0.2, -0.15) is 0 Å². The van der Waals surface area contributed by atoms with Gasteiger partial charge in [0.05, 0.1) is 23.9 Å². The largest absolute Gasteiger partial charge is 0.370 e. The lowest BCUT2D eigenvalue weighted by molar-refractivity contribution is -0.0956. The van der Waals surface area contributed by atoms with Crippen LogP contribution in [0.4, 0.5) is 4.39 Å². The van der Waals surface area contributed by atoms with Crippen molar-refractivity contribution < 1.29 is 13.9 Å². The van der Waals surface area contributed by atoms with Crippen LogP contribution < -0.4 is 0 Å². The van der Waals surface area contributed by atoms with Crippen LogP contribution >= 0.6 is 34.2 Å². The van der Waals surface area contributed by atoms with E-state index in [4.69, 9.17) is 21.1 Å². The van der Waals surface area contributed by atoms with Crippen LogP contribution in [0.15, 0.2) is 18.2 Å². The molecule has 0 saturated carbocycles. The third-order valence-corrected chi connectivity index (χ3v) is 7.04. The third kappa shape index (κ3) is 2.60. The van der Waals surface area contributed by atoms with Crippen molar-refractivity contribution in [3.05, 3.63) is 34.6 Å². The normalized spacial score (nSPS) is 37.2. The lowest BCUT2D eigenvalue weighted by Gasteiger charge is -2.35. The van der Waals surface area contributed by atoms with Gasteiger partial charge in [0.25, 0.3) is 0 Å². The van der Waals surface area contributed by atoms with E-state index in [0.717, 1.165) is 12.8 Å². The van der Waals surface area contributed by atoms with Gasteiger partial charge in [0.15, 0.2) is 0 Å². The molecule has 2 fully saturated rings. The molecule has 2 heterocycles. The molecule has 0 N–H and O–H groups in total. The summed E-state index contributed by atoms with van der Waals surface area (Å²) in [4.78, 5) is 0. The Morgan fingerprint density at radius 2 is 2.18 bits per heavy atom. The Morgan fingerprint density at radius 3 is 2.77 bits per heavy atom. The van der Waals surface area contributed by atoms with Gasteiger partial charge >= 0.3 is 0 Å². The second-order valence-electron chi connectivity index (χ2n) is 6.90. The van der Waals surface area contributed by atoms with Gasteiger partial charge in [-0.15, -0.1) is 0 Å². The first-order valence-corrected chi connectivity index (χ1v) is 9.29. The minimum atomic E-state index is -0.313. The second-order valence-corrected chi connectivity index (χ2v) is 8.81. The minimum absolute atomic E-state index is 0.0170. The zero-order valence-electron chi connectivity index (χ0n) is 13.0. The summed E-state index contributed by atoms with van der Waals surface area (Å²) in [5.41, 5.74) is 0.0208. The summed E-state index contributed by atoms with van der Waals surface area (Å²) in [6.07, 6.45) is 1.82. The van der Waals surface area contributed by atoms with E-state index in [-0.39, 0.29) is 29.7 Å². The van der Waals surface area contributed by atoms with E-state index in [2.05, 4.69) is 43.4 Å². The number of hydrogen-bond donors (Lipinski definition) is 0. The van der Waals surface area contributed by atoms with Crippen molar-refractivity contribution in [3.8, 4) is 0 Å². The monoisotopic (exact) mass is 438 g/mol. The van der Waals surface area contributed by atoms with E-state index in [1.165, 1.54) is 6.07 Å². The van der Waals surface area contributed by atoms with E-state index in [1.54, 1.807) is 12.1 Å². The van der Waals surface area contributed by atoms with Crippen LogP contribution in [0.1, 0.15) is 39.2 Å². The Morgan fingerprint density at radius 1 is 1.45 bits per heavy atom. The molecule has 0 amide bonds. The van der Waals surface area contributed by atoms with Crippen molar-refractivity contribution in [2.24, 2.45) is 5.92 Å². The topological polar surface area (TPSA) is 18.5 Å². The van der Waals surface area contributed by atoms with Crippen molar-refractivity contribution in [1.82, 2.24) is 0 Å². The maximum absolute atomic E-state index is 13.9. The van der Waals surface area contributed by atoms with Gasteiger partial charge in [-0.3, -0.25) is 0 Å². The van der Waals surface area contributed by atoms with Gasteiger partial charge in [0.2, 0.25) is 0 Å². The summed E-state index contributed by atoms with van der Waals surface area (Å²) < 4.78 is 26.9. The molecule has 1 aromatic rings. The number of alkyl halides is 1. The fraction of sp³-hybridized carbons (Fsp3) is 0.647. The summed E-state index contributed by atoms with van der Waals surface area (Å²) in [7, 11) is 0. The molecule has 4 atom stereocenters. The lowest BCUT2D eigenvalue weighted by atomic mass is 9.75. The Bertz CT molecular complexity index is 562. The van der Waals surface area contributed by atoms with Gasteiger partial charge in [-0.1, -0.05) is 54.1 Å². The van der Waals surface area contributed by atoms with Gasteiger partial charge in [0, 0.05) is 20.9 Å². The Hall–Kier alpha value is 0.0900. The highest BCUT2D eigenvalue weighted by atomic mass is 127. The summed E-state index contributed by atoms with van der Waals surface area (Å²) in [6, 6.07) is 4.72. The van der Waals surface area contributed by atoms with Crippen LogP contribution in [-0.4, -0.2) is 21.2 Å². The first-order valence-electron chi connectivity index (χ1n) is 7.67. The molecule has 2 bridgehead atoms. The highest BCUT2D eigenvalue weighted by Crippen LogP contribution is 2.57. The number of rotatable bonds is 4. The minimum Gasteiger partial charge on any atom is -0.370 e. The summed E-state index contributed by atoms with van der Waals surface area (Å²) in [5.74, 6) is 0.119. The molecule has 0 unspecified atom stereocenters. The van der Waals surface area contributed by atoms with E-state index in [0.29, 0.717) is 20.4 Å². The molecule has 2 aliphatic heterocycles. The zero-order valence-corrected chi connectivity index (χ0v) is 15.9. The average molecular weight is 439 g/mol. The Balaban J connectivity index is 1.75. The van der Waals surface area contributed by atoms with Crippen molar-refractivity contribution >= 4 is 34.2 Å². The highest BCUT2D eigenvalue weighted by molar-refractivity contribution is 14.1. The van der Waals surface area contributed by atoms with Crippen LogP contribution in [0.5, 0.6) is 0 Å². The number of fused-ring (bicyclic) bond motifs is 2. The van der Waals surface area contributed by atoms with Gasteiger partial charge < -0.3 is 9.47 Å². The van der Waals surface area contributed by atoms with Gasteiger partial charge in [-0.25, -0.2) is 4.39 Å². The van der Waals surface area contributed by atoms with Crippen LogP contribution in [0.2, 0.25) is 5.02 Å². The lowest BCUT2D eigenvalue weighted by Crippen LogP contribution is -2.44. The third-order valence-electron chi connectivity index (χ3n) is 5.19. The molecule has 0 radical (unpaired) electrons. The Labute approximate surface area is 149 Å². The fourth-order valence-corrected chi connectivity index (χ4v) is 5.94. The van der Waals surface area contributed by atoms with Crippen LogP contribution in [-0.2, 0) is 16.1 Å². The van der Waals surface area contributed by atoms with Crippen LogP contribution in [0.3, 0.4) is 0 Å². The molecule has 2 nitrogen and oxygen atoms in total. The molecule has 0 aliphatic carbocycles.